The Morgan fingerprint density at radius 2 is 0.700 bits per heavy atom. The van der Waals surface area contributed by atoms with Crippen LogP contribution in [0.1, 0.15) is 13.8 Å². The molecule has 24 heteroatoms. The molecule has 414 valence electrons. The number of ether oxygens (including phenoxy) is 24. The molecule has 0 N–H and O–H groups in total. The van der Waals surface area contributed by atoms with Crippen LogP contribution in [0.25, 0.3) is 0 Å². The van der Waals surface area contributed by atoms with E-state index in [2.05, 4.69) is 0 Å². The van der Waals surface area contributed by atoms with Gasteiger partial charge in [0.25, 0.3) is 0 Å². The Morgan fingerprint density at radius 1 is 0.343 bits per heavy atom. The van der Waals surface area contributed by atoms with Crippen LogP contribution in [-0.2, 0) is 114 Å². The van der Waals surface area contributed by atoms with Gasteiger partial charge in [-0.25, -0.2) is 0 Å². The quantitative estimate of drug-likeness (QED) is 0.0907. The fraction of sp³-hybridized carbons (Fsp3) is 1.00. The second kappa shape index (κ2) is 31.2. The average Bonchev–Trinajstić information content (AvgIpc) is 3.36. The van der Waals surface area contributed by atoms with E-state index in [1.165, 1.54) is 21.3 Å². The number of hydrogen-bond donors (Lipinski definition) is 0. The molecule has 0 aromatic heterocycles. The van der Waals surface area contributed by atoms with E-state index in [1.54, 1.807) is 92.4 Å². The maximum Gasteiger partial charge on any atom is 0.187 e. The normalized spacial score (nSPS) is 40.2. The van der Waals surface area contributed by atoms with Crippen molar-refractivity contribution in [2.75, 3.05) is 140 Å². The summed E-state index contributed by atoms with van der Waals surface area (Å²) in [6.45, 7) is 4.20. The highest BCUT2D eigenvalue weighted by Gasteiger charge is 2.57. The summed E-state index contributed by atoms with van der Waals surface area (Å²) in [6.07, 6.45) is -19.0. The van der Waals surface area contributed by atoms with Crippen LogP contribution in [0.5, 0.6) is 0 Å². The molecular formula is C46H86O24. The Balaban J connectivity index is 1.68. The minimum atomic E-state index is -1.17. The van der Waals surface area contributed by atoms with Gasteiger partial charge in [0.05, 0.1) is 38.6 Å². The van der Waals surface area contributed by atoms with E-state index in [9.17, 15) is 0 Å². The van der Waals surface area contributed by atoms with Crippen molar-refractivity contribution in [1.82, 2.24) is 0 Å². The predicted octanol–water partition coefficient (Wildman–Crippen LogP) is 0.232. The highest BCUT2D eigenvalue weighted by molar-refractivity contribution is 5.00. The largest absolute Gasteiger partial charge is 0.382 e. The van der Waals surface area contributed by atoms with Crippen molar-refractivity contribution in [2.24, 2.45) is 0 Å². The van der Waals surface area contributed by atoms with Crippen molar-refractivity contribution >= 4 is 0 Å². The molecule has 0 aliphatic carbocycles. The highest BCUT2D eigenvalue weighted by Crippen LogP contribution is 2.38. The first kappa shape index (κ1) is 61.6. The van der Waals surface area contributed by atoms with Gasteiger partial charge in [-0.05, 0) is 13.8 Å². The van der Waals surface area contributed by atoms with Crippen molar-refractivity contribution in [3.05, 3.63) is 0 Å². The zero-order valence-corrected chi connectivity index (χ0v) is 44.5. The molecule has 0 spiro atoms. The third kappa shape index (κ3) is 14.3. The van der Waals surface area contributed by atoms with E-state index >= 15 is 0 Å². The van der Waals surface area contributed by atoms with Gasteiger partial charge in [-0.15, -0.1) is 0 Å². The van der Waals surface area contributed by atoms with Crippen molar-refractivity contribution in [1.29, 1.82) is 0 Å². The summed E-state index contributed by atoms with van der Waals surface area (Å²) in [6, 6.07) is 0. The summed E-state index contributed by atoms with van der Waals surface area (Å²) < 4.78 is 148. The average molecular weight is 1020 g/mol. The van der Waals surface area contributed by atoms with Gasteiger partial charge in [0.1, 0.15) is 110 Å². The minimum absolute atomic E-state index is 0.0435. The summed E-state index contributed by atoms with van der Waals surface area (Å²) in [7, 11) is 24.9. The molecule has 0 bridgehead atoms. The molecule has 4 heterocycles. The van der Waals surface area contributed by atoms with Crippen LogP contribution in [0.4, 0.5) is 0 Å². The summed E-state index contributed by atoms with van der Waals surface area (Å²) in [5, 5.41) is 0. The second-order valence-electron chi connectivity index (χ2n) is 17.3. The molecule has 0 radical (unpaired) electrons. The molecule has 0 aromatic carbocycles. The van der Waals surface area contributed by atoms with Crippen LogP contribution in [-0.4, -0.2) is 287 Å². The van der Waals surface area contributed by atoms with Crippen LogP contribution >= 0.6 is 0 Å². The summed E-state index contributed by atoms with van der Waals surface area (Å²) in [5.74, 6) is 0. The molecule has 24 atom stereocenters. The first-order valence-corrected chi connectivity index (χ1v) is 23.4. The van der Waals surface area contributed by atoms with Crippen molar-refractivity contribution in [2.45, 2.75) is 161 Å². The number of hydrogen-bond acceptors (Lipinski definition) is 24. The van der Waals surface area contributed by atoms with Crippen LogP contribution < -0.4 is 0 Å². The summed E-state index contributed by atoms with van der Waals surface area (Å²) >= 11 is 0. The van der Waals surface area contributed by atoms with E-state index in [0.717, 1.165) is 0 Å². The SMILES string of the molecule is COCC(OC1OC(COC)C(OC)C(OC)C1OC)C(OC)C(OC1OC(C)C(OC2OC(COC)C(OC)C(OC)C2OC2OC(COC)C(OC)C(OC)C2OC)C(OC)C1OC)C(C)OC. The Hall–Kier alpha value is -0.960. The van der Waals surface area contributed by atoms with Crippen molar-refractivity contribution in [3.8, 4) is 0 Å². The van der Waals surface area contributed by atoms with E-state index in [-0.39, 0.29) is 26.4 Å². The molecule has 0 saturated carbocycles. The smallest absolute Gasteiger partial charge is 0.187 e. The van der Waals surface area contributed by atoms with E-state index in [1.807, 2.05) is 13.8 Å². The number of methoxy groups -OCH3 is 16. The van der Waals surface area contributed by atoms with Gasteiger partial charge in [-0.2, -0.15) is 0 Å². The Bertz CT molecular complexity index is 1390. The molecule has 70 heavy (non-hydrogen) atoms. The molecule has 4 aliphatic rings. The van der Waals surface area contributed by atoms with E-state index in [4.69, 9.17) is 114 Å². The topological polar surface area (TPSA) is 222 Å². The first-order valence-electron chi connectivity index (χ1n) is 23.4. The standard InChI is InChI=1S/C46H86O24/c1-23(51-7)29(31(52-8)25(19-47-3)64-44-40(61-17)36(57-13)32(53-9)26(65-44)20-48-4)68-43-39(60-16)35(56-12)30(24(2)63-43)69-46-42(38(59-15)34(55-11)28(67-46)22-50-6)70-45-41(62-18)37(58-14)33(54-10)27(66-45)21-49-5/h23-46H,19-22H2,1-18H3. The predicted molar refractivity (Wildman–Crippen MR) is 243 cm³/mol. The molecule has 24 unspecified atom stereocenters. The lowest BCUT2D eigenvalue weighted by atomic mass is 9.95. The molecule has 0 amide bonds. The van der Waals surface area contributed by atoms with Crippen LogP contribution in [0.2, 0.25) is 0 Å². The molecule has 0 aromatic rings. The summed E-state index contributed by atoms with van der Waals surface area (Å²) in [4.78, 5) is 0. The van der Waals surface area contributed by atoms with Gasteiger partial charge in [-0.1, -0.05) is 0 Å². The maximum absolute atomic E-state index is 6.96. The van der Waals surface area contributed by atoms with Gasteiger partial charge < -0.3 is 114 Å². The molecule has 4 rings (SSSR count). The van der Waals surface area contributed by atoms with Gasteiger partial charge in [0.15, 0.2) is 25.2 Å². The second-order valence-corrected chi connectivity index (χ2v) is 17.3. The molecule has 4 aliphatic heterocycles. The molecule has 4 fully saturated rings. The lowest BCUT2D eigenvalue weighted by Crippen LogP contribution is -2.68. The molecular weight excluding hydrogens is 936 g/mol. The lowest BCUT2D eigenvalue weighted by Gasteiger charge is -2.51. The van der Waals surface area contributed by atoms with Crippen LogP contribution in [0.15, 0.2) is 0 Å². The highest BCUT2D eigenvalue weighted by atomic mass is 16.8. The van der Waals surface area contributed by atoms with E-state index < -0.39 is 147 Å². The fourth-order valence-corrected chi connectivity index (χ4v) is 10.0. The minimum Gasteiger partial charge on any atom is -0.382 e. The molecule has 24 nitrogen and oxygen atoms in total. The monoisotopic (exact) mass is 1020 g/mol. The van der Waals surface area contributed by atoms with Gasteiger partial charge in [0.2, 0.25) is 0 Å². The lowest BCUT2D eigenvalue weighted by molar-refractivity contribution is -0.395. The van der Waals surface area contributed by atoms with E-state index in [0.29, 0.717) is 0 Å². The first-order chi connectivity index (χ1) is 33.9. The van der Waals surface area contributed by atoms with Gasteiger partial charge in [0, 0.05) is 114 Å². The Labute approximate surface area is 414 Å². The van der Waals surface area contributed by atoms with Crippen LogP contribution in [0, 0.1) is 0 Å². The Kier molecular flexibility index (Phi) is 27.4. The third-order valence-corrected chi connectivity index (χ3v) is 13.5. The zero-order valence-electron chi connectivity index (χ0n) is 44.5. The molecule has 4 saturated heterocycles. The maximum atomic E-state index is 6.96. The third-order valence-electron chi connectivity index (χ3n) is 13.5. The van der Waals surface area contributed by atoms with Gasteiger partial charge >= 0.3 is 0 Å². The fourth-order valence-electron chi connectivity index (χ4n) is 10.0. The van der Waals surface area contributed by atoms with Crippen molar-refractivity contribution in [3.63, 3.8) is 0 Å². The van der Waals surface area contributed by atoms with Crippen molar-refractivity contribution < 1.29 is 114 Å². The van der Waals surface area contributed by atoms with Gasteiger partial charge in [-0.3, -0.25) is 0 Å². The van der Waals surface area contributed by atoms with Crippen LogP contribution in [0.3, 0.4) is 0 Å². The zero-order chi connectivity index (χ0) is 51.7. The summed E-state index contributed by atoms with van der Waals surface area (Å²) in [5.41, 5.74) is 0. The Morgan fingerprint density at radius 3 is 1.09 bits per heavy atom. The number of rotatable bonds is 31.